The Hall–Kier alpha value is 1.46. The van der Waals surface area contributed by atoms with Crippen LogP contribution in [0.5, 0.6) is 0 Å². The normalized spacial score (nSPS) is 28.5. The SMILES string of the molecule is C[C]1[CH][C]2CCCC[C]2[C]1CC[C]1[C](C)[CH][C]2CCCC[C]21.[Cl][Zr+2][Cl]. The van der Waals surface area contributed by atoms with Gasteiger partial charge in [-0.05, 0) is 98.7 Å². The number of hydrogen-bond acceptors (Lipinski definition) is 0. The molecule has 0 unspecified atom stereocenters. The van der Waals surface area contributed by atoms with Gasteiger partial charge in [0.2, 0.25) is 0 Å². The van der Waals surface area contributed by atoms with Crippen LogP contribution in [0, 0.1) is 60.2 Å². The maximum absolute atomic E-state index is 4.93. The molecule has 0 atom stereocenters. The average Bonchev–Trinajstić information content (AvgIpc) is 3.09. The van der Waals surface area contributed by atoms with Gasteiger partial charge < -0.3 is 0 Å². The van der Waals surface area contributed by atoms with Crippen LogP contribution in [0.1, 0.15) is 78.1 Å². The maximum atomic E-state index is 4.93. The second-order valence-corrected chi connectivity index (χ2v) is 11.3. The van der Waals surface area contributed by atoms with E-state index in [1.807, 2.05) is 0 Å². The Kier molecular flexibility index (Phi) is 8.73. The molecule has 0 bridgehead atoms. The van der Waals surface area contributed by atoms with Gasteiger partial charge in [0, 0.05) is 0 Å². The van der Waals surface area contributed by atoms with E-state index in [4.69, 9.17) is 17.0 Å². The zero-order valence-corrected chi connectivity index (χ0v) is 19.5. The number of fused-ring (bicyclic) bond motifs is 2. The van der Waals surface area contributed by atoms with Crippen LogP contribution in [0.4, 0.5) is 0 Å². The molecule has 0 aliphatic heterocycles. The average molecular weight is 455 g/mol. The predicted molar refractivity (Wildman–Crippen MR) is 104 cm³/mol. The quantitative estimate of drug-likeness (QED) is 0.418. The number of halogens is 2. The molecule has 3 heteroatoms. The Balaban J connectivity index is 0.000000569. The molecule has 10 radical (unpaired) electrons. The fraction of sp³-hybridized carbons (Fsp3) is 0.545. The van der Waals surface area contributed by atoms with Crippen molar-refractivity contribution in [3.05, 3.63) is 60.2 Å². The van der Waals surface area contributed by atoms with Crippen LogP contribution in [0.25, 0.3) is 0 Å². The Morgan fingerprint density at radius 2 is 1.08 bits per heavy atom. The Morgan fingerprint density at radius 3 is 1.48 bits per heavy atom. The van der Waals surface area contributed by atoms with Crippen LogP contribution in [0.3, 0.4) is 0 Å². The summed E-state index contributed by atoms with van der Waals surface area (Å²) in [6.45, 7) is 4.67. The van der Waals surface area contributed by atoms with E-state index in [-0.39, 0.29) is 0 Å². The topological polar surface area (TPSA) is 0 Å². The van der Waals surface area contributed by atoms with Crippen molar-refractivity contribution in [2.75, 3.05) is 0 Å². The van der Waals surface area contributed by atoms with Crippen LogP contribution in [-0.2, 0) is 20.8 Å². The van der Waals surface area contributed by atoms with Crippen LogP contribution in [0.2, 0.25) is 0 Å². The van der Waals surface area contributed by atoms with Crippen molar-refractivity contribution in [3.8, 4) is 0 Å². The van der Waals surface area contributed by atoms with Crippen molar-refractivity contribution in [1.82, 2.24) is 0 Å². The first-order valence-electron chi connectivity index (χ1n) is 9.65. The summed E-state index contributed by atoms with van der Waals surface area (Å²) in [7, 11) is 9.87. The van der Waals surface area contributed by atoms with Crippen LogP contribution in [0.15, 0.2) is 0 Å². The third-order valence-corrected chi connectivity index (χ3v) is 6.11. The van der Waals surface area contributed by atoms with Crippen LogP contribution >= 0.6 is 17.0 Å². The van der Waals surface area contributed by atoms with E-state index in [1.165, 1.54) is 64.2 Å². The molecule has 0 aromatic heterocycles. The Morgan fingerprint density at radius 1 is 0.720 bits per heavy atom. The third kappa shape index (κ3) is 5.09. The third-order valence-electron chi connectivity index (χ3n) is 6.11. The second kappa shape index (κ2) is 10.3. The zero-order chi connectivity index (χ0) is 17.8. The van der Waals surface area contributed by atoms with Crippen LogP contribution in [-0.4, -0.2) is 0 Å². The number of rotatable bonds is 3. The molecule has 0 spiro atoms. The zero-order valence-electron chi connectivity index (χ0n) is 15.5. The van der Waals surface area contributed by atoms with Gasteiger partial charge in [-0.3, -0.25) is 0 Å². The van der Waals surface area contributed by atoms with Gasteiger partial charge in [0.15, 0.2) is 0 Å². The van der Waals surface area contributed by atoms with Gasteiger partial charge in [-0.15, -0.1) is 0 Å². The fourth-order valence-corrected chi connectivity index (χ4v) is 4.98. The van der Waals surface area contributed by atoms with E-state index >= 15 is 0 Å². The minimum atomic E-state index is -0.826. The van der Waals surface area contributed by atoms with Crippen molar-refractivity contribution in [2.24, 2.45) is 0 Å². The standard InChI is InChI=1S/C22H28.2ClH.Zr/c1-15-13-17-7-3-5-9-21(17)19(15)11-12-20-16(2)14-18-8-4-6-10-22(18)20;;;/h13-14H,3-12H2,1-2H3;2*1H;/q;;;+4/p-2. The van der Waals surface area contributed by atoms with Gasteiger partial charge in [-0.25, -0.2) is 0 Å². The van der Waals surface area contributed by atoms with E-state index in [2.05, 4.69) is 26.7 Å². The first-order valence-corrected chi connectivity index (χ1v) is 16.0. The molecular weight excluding hydrogens is 426 g/mol. The monoisotopic (exact) mass is 452 g/mol. The Labute approximate surface area is 175 Å². The molecule has 0 amide bonds. The molecular formula is C22H28Cl2Zr+2. The number of hydrogen-bond donors (Lipinski definition) is 0. The molecule has 0 aromatic carbocycles. The summed E-state index contributed by atoms with van der Waals surface area (Å²) in [4.78, 5) is 0. The molecule has 4 rings (SSSR count). The van der Waals surface area contributed by atoms with Crippen molar-refractivity contribution in [2.45, 2.75) is 78.1 Å². The first kappa shape index (κ1) is 21.2. The molecule has 0 N–H and O–H groups in total. The molecule has 4 aliphatic carbocycles. The van der Waals surface area contributed by atoms with Crippen molar-refractivity contribution < 1.29 is 20.8 Å². The van der Waals surface area contributed by atoms with E-state index in [0.717, 1.165) is 0 Å². The molecule has 4 aliphatic rings. The molecule has 0 nitrogen and oxygen atoms in total. The van der Waals surface area contributed by atoms with Gasteiger partial charge in [-0.1, -0.05) is 39.5 Å². The molecule has 0 aromatic rings. The van der Waals surface area contributed by atoms with Crippen molar-refractivity contribution >= 4 is 17.0 Å². The minimum absolute atomic E-state index is 0.826. The fourth-order valence-electron chi connectivity index (χ4n) is 4.98. The van der Waals surface area contributed by atoms with Gasteiger partial charge in [0.25, 0.3) is 0 Å². The summed E-state index contributed by atoms with van der Waals surface area (Å²) in [5.41, 5.74) is 0. The molecule has 0 saturated heterocycles. The van der Waals surface area contributed by atoms with Gasteiger partial charge in [-0.2, -0.15) is 0 Å². The van der Waals surface area contributed by atoms with E-state index < -0.39 is 20.8 Å². The van der Waals surface area contributed by atoms with Gasteiger partial charge in [0.05, 0.1) is 0 Å². The van der Waals surface area contributed by atoms with Crippen molar-refractivity contribution in [1.29, 1.82) is 0 Å². The molecule has 0 heterocycles. The summed E-state index contributed by atoms with van der Waals surface area (Å²) in [6.07, 6.45) is 18.4. The van der Waals surface area contributed by atoms with Gasteiger partial charge in [0.1, 0.15) is 0 Å². The first-order chi connectivity index (χ1) is 12.2. The van der Waals surface area contributed by atoms with E-state index in [0.29, 0.717) is 0 Å². The predicted octanol–water partition coefficient (Wildman–Crippen LogP) is 7.36. The summed E-state index contributed by atoms with van der Waals surface area (Å²) in [5, 5.41) is 0. The molecule has 132 valence electrons. The van der Waals surface area contributed by atoms with E-state index in [1.54, 1.807) is 47.3 Å². The summed E-state index contributed by atoms with van der Waals surface area (Å²) in [6, 6.07) is 0. The van der Waals surface area contributed by atoms with E-state index in [9.17, 15) is 0 Å². The van der Waals surface area contributed by atoms with Crippen LogP contribution < -0.4 is 0 Å². The summed E-state index contributed by atoms with van der Waals surface area (Å²) < 4.78 is 0. The Bertz CT molecular complexity index is 365. The van der Waals surface area contributed by atoms with Crippen molar-refractivity contribution in [3.63, 3.8) is 0 Å². The van der Waals surface area contributed by atoms with Gasteiger partial charge >= 0.3 is 37.9 Å². The molecule has 4 fully saturated rings. The second-order valence-electron chi connectivity index (χ2n) is 7.61. The summed E-state index contributed by atoms with van der Waals surface area (Å²) >= 11 is -0.826. The summed E-state index contributed by atoms with van der Waals surface area (Å²) in [5.74, 6) is 13.3. The molecule has 4 saturated carbocycles. The molecule has 25 heavy (non-hydrogen) atoms.